The summed E-state index contributed by atoms with van der Waals surface area (Å²) in [6, 6.07) is 3.08. The normalized spacial score (nSPS) is 23.1. The highest BCUT2D eigenvalue weighted by Gasteiger charge is 2.36. The SMILES string of the molecule is CC(C(=O)Nc1ccc(F)c(F)c1)N1CCC(N)C(C)(C)C1. The Morgan fingerprint density at radius 1 is 1.41 bits per heavy atom. The Kier molecular flexibility index (Phi) is 4.82. The lowest BCUT2D eigenvalue weighted by Crippen LogP contribution is -2.56. The van der Waals surface area contributed by atoms with Crippen LogP contribution >= 0.6 is 0 Å². The van der Waals surface area contributed by atoms with Crippen molar-refractivity contribution in [1.82, 2.24) is 4.90 Å². The summed E-state index contributed by atoms with van der Waals surface area (Å²) >= 11 is 0. The van der Waals surface area contributed by atoms with E-state index in [2.05, 4.69) is 24.1 Å². The maximum atomic E-state index is 13.2. The summed E-state index contributed by atoms with van der Waals surface area (Å²) in [7, 11) is 0. The van der Waals surface area contributed by atoms with Gasteiger partial charge in [-0.1, -0.05) is 13.8 Å². The van der Waals surface area contributed by atoms with Crippen LogP contribution in [-0.2, 0) is 4.79 Å². The molecule has 0 radical (unpaired) electrons. The Hall–Kier alpha value is -1.53. The van der Waals surface area contributed by atoms with Gasteiger partial charge in [0.15, 0.2) is 11.6 Å². The average Bonchev–Trinajstić information content (AvgIpc) is 2.45. The van der Waals surface area contributed by atoms with Crippen molar-refractivity contribution in [2.75, 3.05) is 18.4 Å². The molecule has 4 nitrogen and oxygen atoms in total. The van der Waals surface area contributed by atoms with Gasteiger partial charge in [-0.25, -0.2) is 8.78 Å². The number of likely N-dealkylation sites (tertiary alicyclic amines) is 1. The number of amides is 1. The van der Waals surface area contributed by atoms with E-state index in [9.17, 15) is 13.6 Å². The van der Waals surface area contributed by atoms with Gasteiger partial charge in [-0.15, -0.1) is 0 Å². The molecule has 3 N–H and O–H groups in total. The minimum Gasteiger partial charge on any atom is -0.327 e. The van der Waals surface area contributed by atoms with E-state index in [1.807, 2.05) is 6.92 Å². The van der Waals surface area contributed by atoms with Crippen molar-refractivity contribution in [2.24, 2.45) is 11.1 Å². The number of carbonyl (C=O) groups excluding carboxylic acids is 1. The number of nitrogens with zero attached hydrogens (tertiary/aromatic N) is 1. The molecular weight excluding hydrogens is 288 g/mol. The van der Waals surface area contributed by atoms with Gasteiger partial charge in [0.2, 0.25) is 5.91 Å². The maximum absolute atomic E-state index is 13.2. The third-order valence-corrected chi connectivity index (χ3v) is 4.46. The van der Waals surface area contributed by atoms with Gasteiger partial charge < -0.3 is 11.1 Å². The Morgan fingerprint density at radius 3 is 2.68 bits per heavy atom. The molecule has 1 aromatic rings. The van der Waals surface area contributed by atoms with Crippen LogP contribution in [0.1, 0.15) is 27.2 Å². The van der Waals surface area contributed by atoms with Crippen molar-refractivity contribution in [3.63, 3.8) is 0 Å². The maximum Gasteiger partial charge on any atom is 0.241 e. The van der Waals surface area contributed by atoms with Gasteiger partial charge >= 0.3 is 0 Å². The first-order valence-corrected chi connectivity index (χ1v) is 7.46. The van der Waals surface area contributed by atoms with Crippen LogP contribution in [0.15, 0.2) is 18.2 Å². The van der Waals surface area contributed by atoms with Crippen LogP contribution in [-0.4, -0.2) is 36.0 Å². The van der Waals surface area contributed by atoms with E-state index in [0.29, 0.717) is 0 Å². The molecule has 0 aromatic heterocycles. The second-order valence-corrected chi connectivity index (χ2v) is 6.65. The topological polar surface area (TPSA) is 58.4 Å². The van der Waals surface area contributed by atoms with Crippen molar-refractivity contribution in [3.05, 3.63) is 29.8 Å². The van der Waals surface area contributed by atoms with Gasteiger partial charge in [-0.2, -0.15) is 0 Å². The standard InChI is InChI=1S/C16H23F2N3O/c1-10(21-7-6-14(19)16(2,3)9-21)15(22)20-11-4-5-12(17)13(18)8-11/h4-5,8,10,14H,6-7,9,19H2,1-3H3,(H,20,22). The zero-order chi connectivity index (χ0) is 16.5. The Balaban J connectivity index is 2.01. The van der Waals surface area contributed by atoms with Crippen molar-refractivity contribution >= 4 is 11.6 Å². The van der Waals surface area contributed by atoms with Gasteiger partial charge in [0.25, 0.3) is 0 Å². The van der Waals surface area contributed by atoms with Gasteiger partial charge in [-0.05, 0) is 30.9 Å². The lowest BCUT2D eigenvalue weighted by Gasteiger charge is -2.44. The predicted molar refractivity (Wildman–Crippen MR) is 82.4 cm³/mol. The summed E-state index contributed by atoms with van der Waals surface area (Å²) in [5.74, 6) is -2.15. The number of nitrogens with one attached hydrogen (secondary N) is 1. The minimum absolute atomic E-state index is 0.0607. The van der Waals surface area contributed by atoms with Crippen LogP contribution in [0.2, 0.25) is 0 Å². The second-order valence-electron chi connectivity index (χ2n) is 6.65. The minimum atomic E-state index is -0.976. The van der Waals surface area contributed by atoms with Crippen molar-refractivity contribution in [3.8, 4) is 0 Å². The molecule has 122 valence electrons. The lowest BCUT2D eigenvalue weighted by molar-refractivity contribution is -0.122. The van der Waals surface area contributed by atoms with Crippen LogP contribution in [0, 0.1) is 17.0 Å². The molecule has 1 aliphatic heterocycles. The van der Waals surface area contributed by atoms with Crippen LogP contribution in [0.25, 0.3) is 0 Å². The third-order valence-electron chi connectivity index (χ3n) is 4.46. The molecule has 2 rings (SSSR count). The van der Waals surface area contributed by atoms with E-state index in [1.165, 1.54) is 6.07 Å². The third kappa shape index (κ3) is 3.62. The smallest absolute Gasteiger partial charge is 0.241 e. The summed E-state index contributed by atoms with van der Waals surface area (Å²) in [6.45, 7) is 7.45. The number of nitrogens with two attached hydrogens (primary N) is 1. The number of hydrogen-bond donors (Lipinski definition) is 2. The highest BCUT2D eigenvalue weighted by Crippen LogP contribution is 2.29. The summed E-state index contributed by atoms with van der Waals surface area (Å²) in [4.78, 5) is 14.4. The molecule has 1 fully saturated rings. The van der Waals surface area contributed by atoms with Gasteiger partial charge in [-0.3, -0.25) is 9.69 Å². The van der Waals surface area contributed by atoms with Gasteiger partial charge in [0.05, 0.1) is 6.04 Å². The summed E-state index contributed by atoms with van der Waals surface area (Å²) < 4.78 is 26.1. The molecule has 2 atom stereocenters. The van der Waals surface area contributed by atoms with Crippen LogP contribution in [0.3, 0.4) is 0 Å². The second kappa shape index (κ2) is 6.30. The van der Waals surface area contributed by atoms with E-state index in [4.69, 9.17) is 5.73 Å². The quantitative estimate of drug-likeness (QED) is 0.901. The molecule has 1 heterocycles. The molecule has 22 heavy (non-hydrogen) atoms. The van der Waals surface area contributed by atoms with E-state index in [0.717, 1.165) is 31.6 Å². The first-order valence-electron chi connectivity index (χ1n) is 7.46. The molecule has 1 aliphatic rings. The van der Waals surface area contributed by atoms with Crippen molar-refractivity contribution in [2.45, 2.75) is 39.3 Å². The average molecular weight is 311 g/mol. The zero-order valence-electron chi connectivity index (χ0n) is 13.2. The number of rotatable bonds is 3. The molecule has 1 saturated heterocycles. The molecule has 6 heteroatoms. The zero-order valence-corrected chi connectivity index (χ0v) is 13.2. The fourth-order valence-corrected chi connectivity index (χ4v) is 2.73. The van der Waals surface area contributed by atoms with Crippen LogP contribution in [0.4, 0.5) is 14.5 Å². The molecule has 2 unspecified atom stereocenters. The van der Waals surface area contributed by atoms with E-state index in [1.54, 1.807) is 0 Å². The summed E-state index contributed by atoms with van der Waals surface area (Å²) in [5, 5.41) is 2.63. The monoisotopic (exact) mass is 311 g/mol. The molecular formula is C16H23F2N3O. The molecule has 1 amide bonds. The number of halogens is 2. The first-order chi connectivity index (χ1) is 10.2. The lowest BCUT2D eigenvalue weighted by atomic mass is 9.79. The Bertz CT molecular complexity index is 562. The molecule has 0 saturated carbocycles. The van der Waals surface area contributed by atoms with E-state index >= 15 is 0 Å². The molecule has 0 spiro atoms. The number of carbonyl (C=O) groups is 1. The summed E-state index contributed by atoms with van der Waals surface area (Å²) in [6.07, 6.45) is 0.829. The van der Waals surface area contributed by atoms with Gasteiger partial charge in [0, 0.05) is 30.9 Å². The fraction of sp³-hybridized carbons (Fsp3) is 0.562. The first kappa shape index (κ1) is 16.8. The van der Waals surface area contributed by atoms with Crippen molar-refractivity contribution in [1.29, 1.82) is 0 Å². The number of benzene rings is 1. The number of hydrogen-bond acceptors (Lipinski definition) is 3. The van der Waals surface area contributed by atoms with E-state index in [-0.39, 0.29) is 29.1 Å². The Labute approximate surface area is 129 Å². The molecule has 0 aliphatic carbocycles. The summed E-state index contributed by atoms with van der Waals surface area (Å²) in [5.41, 5.74) is 6.29. The fourth-order valence-electron chi connectivity index (χ4n) is 2.73. The predicted octanol–water partition coefficient (Wildman–Crippen LogP) is 2.35. The largest absolute Gasteiger partial charge is 0.327 e. The molecule has 0 bridgehead atoms. The van der Waals surface area contributed by atoms with E-state index < -0.39 is 11.6 Å². The molecule has 1 aromatic carbocycles. The highest BCUT2D eigenvalue weighted by atomic mass is 19.2. The van der Waals surface area contributed by atoms with Gasteiger partial charge in [0.1, 0.15) is 0 Å². The number of anilines is 1. The van der Waals surface area contributed by atoms with Crippen LogP contribution < -0.4 is 11.1 Å². The Morgan fingerprint density at radius 2 is 2.09 bits per heavy atom. The number of piperidine rings is 1. The van der Waals surface area contributed by atoms with Crippen molar-refractivity contribution < 1.29 is 13.6 Å². The highest BCUT2D eigenvalue weighted by molar-refractivity contribution is 5.94. The van der Waals surface area contributed by atoms with Crippen LogP contribution in [0.5, 0.6) is 0 Å².